The van der Waals surface area contributed by atoms with Crippen molar-refractivity contribution in [2.24, 2.45) is 0 Å². The van der Waals surface area contributed by atoms with E-state index >= 15 is 0 Å². The van der Waals surface area contributed by atoms with Crippen molar-refractivity contribution in [2.45, 2.75) is 88.1 Å². The van der Waals surface area contributed by atoms with Gasteiger partial charge in [0.05, 0.1) is 0 Å². The molecule has 0 rings (SSSR count). The van der Waals surface area contributed by atoms with E-state index < -0.39 is 0 Å². The molecule has 0 spiro atoms. The Balaban J connectivity index is -0.00000000295. The number of hydrogen-bond acceptors (Lipinski definition) is 8. The Labute approximate surface area is 154 Å². The maximum absolute atomic E-state index is 8.35. The molecule has 0 saturated heterocycles. The second-order valence-electron chi connectivity index (χ2n) is 0.408. The molecule has 8 heteroatoms. The molecular weight excluding hydrogens is 312 g/mol. The highest BCUT2D eigenvalue weighted by Gasteiger charge is 1.04. The molecule has 0 aromatic carbocycles. The normalized spacial score (nSPS) is 1.58. The molecule has 0 aliphatic heterocycles. The van der Waals surface area contributed by atoms with E-state index in [2.05, 4.69) is 0 Å². The van der Waals surface area contributed by atoms with Crippen LogP contribution in [0.2, 0.25) is 0 Å². The van der Waals surface area contributed by atoms with E-state index in [0.717, 1.165) is 24.3 Å². The van der Waals surface area contributed by atoms with Gasteiger partial charge in [-0.2, -0.15) is 0 Å². The monoisotopic (exact) mass is 362 g/mol. The number of carbonyl (C=O) groups excluding carboxylic acids is 4. The Morgan fingerprint density at radius 2 is 0.375 bits per heavy atom. The first kappa shape index (κ1) is 213. The predicted octanol–water partition coefficient (Wildman–Crippen LogP) is 6.99. The van der Waals surface area contributed by atoms with Crippen molar-refractivity contribution < 1.29 is 19.2 Å². The van der Waals surface area contributed by atoms with E-state index in [1.807, 2.05) is 13.8 Å². The first-order chi connectivity index (χ1) is 6.66. The summed E-state index contributed by atoms with van der Waals surface area (Å²) in [6, 6.07) is 0. The predicted molar refractivity (Wildman–Crippen MR) is 112 cm³/mol. The fourth-order valence-electron chi connectivity index (χ4n) is 0. The molecule has 0 radical (unpaired) electrons. The molecule has 0 aromatic heterocycles. The summed E-state index contributed by atoms with van der Waals surface area (Å²) in [6.07, 6.45) is 3.00. The molecular formula is C16H50N4O4. The highest BCUT2D eigenvalue weighted by atomic mass is 16.1. The third kappa shape index (κ3) is 1090. The lowest BCUT2D eigenvalue weighted by atomic mass is 11.0. The lowest BCUT2D eigenvalue weighted by Crippen LogP contribution is -1.16. The van der Waals surface area contributed by atoms with E-state index in [1.165, 1.54) is 0 Å². The van der Waals surface area contributed by atoms with Gasteiger partial charge in [0.2, 0.25) is 24.3 Å². The zero-order valence-corrected chi connectivity index (χ0v) is 7.63. The molecule has 8 nitrogen and oxygen atoms in total. The van der Waals surface area contributed by atoms with Gasteiger partial charge in [0.1, 0.15) is 0 Å². The Kier molecular flexibility index (Phi) is 30100. The fourth-order valence-corrected chi connectivity index (χ4v) is 0. The van der Waals surface area contributed by atoms with Crippen LogP contribution in [0.1, 0.15) is 88.1 Å². The smallest absolute Gasteiger partial charge is 0.222 e. The lowest BCUT2D eigenvalue weighted by molar-refractivity contribution is 0.562. The minimum atomic E-state index is 0. The Morgan fingerprint density at radius 3 is 0.375 bits per heavy atom. The van der Waals surface area contributed by atoms with Crippen LogP contribution in [0.25, 0.3) is 0 Å². The summed E-state index contributed by atoms with van der Waals surface area (Å²) in [5, 5.41) is 21.6. The third-order valence-electron chi connectivity index (χ3n) is 0. The van der Waals surface area contributed by atoms with E-state index in [-0.39, 0.29) is 74.3 Å². The van der Waals surface area contributed by atoms with Gasteiger partial charge in [-0.05, 0) is 0 Å². The van der Waals surface area contributed by atoms with Crippen molar-refractivity contribution in [3.8, 4) is 0 Å². The van der Waals surface area contributed by atoms with Crippen molar-refractivity contribution in [1.29, 1.82) is 21.6 Å². The summed E-state index contributed by atoms with van der Waals surface area (Å²) in [4.78, 5) is 33.4. The molecule has 0 amide bonds. The lowest BCUT2D eigenvalue weighted by Gasteiger charge is -1.07. The summed E-state index contributed by atoms with van der Waals surface area (Å²) in [7, 11) is 0. The Bertz CT molecular complexity index is 162. The maximum Gasteiger partial charge on any atom is 0.231 e. The van der Waals surface area contributed by atoms with Gasteiger partial charge >= 0.3 is 0 Å². The highest BCUT2D eigenvalue weighted by Crippen LogP contribution is 1.14. The quantitative estimate of drug-likeness (QED) is 0.269. The minimum absolute atomic E-state index is 0. The topological polar surface area (TPSA) is 164 Å². The number of isocyanates is 4. The molecule has 0 unspecified atom stereocenters. The van der Waals surface area contributed by atoms with Gasteiger partial charge < -0.3 is 0 Å². The Hall–Kier alpha value is -2.48. The van der Waals surface area contributed by atoms with Crippen LogP contribution < -0.4 is 0 Å². The molecule has 0 saturated carbocycles. The zero-order chi connectivity index (χ0) is 12.8. The SMILES string of the molecule is C.C.C.C.C.C.C.C.C.C.CC.N=C=O.N=C=O.N=C=O.N=C=O. The summed E-state index contributed by atoms with van der Waals surface area (Å²) in [5.74, 6) is 0. The molecule has 0 aromatic rings. The van der Waals surface area contributed by atoms with Gasteiger partial charge in [-0.15, -0.1) is 0 Å². The molecule has 0 heterocycles. The minimum Gasteiger partial charge on any atom is -0.222 e. The average molecular weight is 363 g/mol. The van der Waals surface area contributed by atoms with E-state index in [0.29, 0.717) is 0 Å². The molecule has 24 heavy (non-hydrogen) atoms. The van der Waals surface area contributed by atoms with Gasteiger partial charge in [-0.25, -0.2) is 40.8 Å². The molecule has 0 fully saturated rings. The van der Waals surface area contributed by atoms with Crippen molar-refractivity contribution >= 4 is 24.3 Å². The summed E-state index contributed by atoms with van der Waals surface area (Å²) in [6.45, 7) is 4.00. The summed E-state index contributed by atoms with van der Waals surface area (Å²) >= 11 is 0. The Morgan fingerprint density at radius 1 is 0.375 bits per heavy atom. The third-order valence-corrected chi connectivity index (χ3v) is 0. The second kappa shape index (κ2) is 3380. The number of rotatable bonds is 0. The van der Waals surface area contributed by atoms with Crippen molar-refractivity contribution in [3.05, 3.63) is 0 Å². The van der Waals surface area contributed by atoms with Gasteiger partial charge in [0, 0.05) is 0 Å². The van der Waals surface area contributed by atoms with Gasteiger partial charge in [0.15, 0.2) is 0 Å². The van der Waals surface area contributed by atoms with Crippen molar-refractivity contribution in [2.75, 3.05) is 0 Å². The van der Waals surface area contributed by atoms with Crippen LogP contribution in [0, 0.1) is 21.6 Å². The van der Waals surface area contributed by atoms with Crippen molar-refractivity contribution in [1.82, 2.24) is 0 Å². The number of hydrogen-bond donors (Lipinski definition) is 4. The van der Waals surface area contributed by atoms with Crippen LogP contribution in [0.4, 0.5) is 0 Å². The second-order valence-corrected chi connectivity index (χ2v) is 0.408. The first-order valence-electron chi connectivity index (χ1n) is 2.82. The van der Waals surface area contributed by atoms with Crippen LogP contribution in [0.3, 0.4) is 0 Å². The molecule has 4 N–H and O–H groups in total. The van der Waals surface area contributed by atoms with Gasteiger partial charge in [-0.3, -0.25) is 0 Å². The molecule has 0 aliphatic rings. The molecule has 158 valence electrons. The van der Waals surface area contributed by atoms with Gasteiger partial charge in [0.25, 0.3) is 0 Å². The molecule has 0 bridgehead atoms. The van der Waals surface area contributed by atoms with E-state index in [9.17, 15) is 0 Å². The van der Waals surface area contributed by atoms with Crippen LogP contribution in [0.5, 0.6) is 0 Å². The maximum atomic E-state index is 8.35. The molecule has 0 aliphatic carbocycles. The van der Waals surface area contributed by atoms with Crippen LogP contribution in [-0.4, -0.2) is 24.3 Å². The van der Waals surface area contributed by atoms with Crippen LogP contribution in [-0.2, 0) is 19.2 Å². The summed E-state index contributed by atoms with van der Waals surface area (Å²) < 4.78 is 0. The standard InChI is InChI=1S/C2H6.4CHNO.10CH4/c1-2;4*2-1-3;;;;;;;;;;/h1-2H3;4*2H;10*1H4. The summed E-state index contributed by atoms with van der Waals surface area (Å²) in [5.41, 5.74) is 0. The van der Waals surface area contributed by atoms with E-state index in [1.54, 1.807) is 0 Å². The van der Waals surface area contributed by atoms with Crippen LogP contribution in [0.15, 0.2) is 0 Å². The largest absolute Gasteiger partial charge is 0.231 e. The molecule has 0 atom stereocenters. The zero-order valence-electron chi connectivity index (χ0n) is 7.63. The number of nitrogens with one attached hydrogen (secondary N) is 4. The van der Waals surface area contributed by atoms with Gasteiger partial charge in [-0.1, -0.05) is 88.1 Å². The first-order valence-corrected chi connectivity index (χ1v) is 2.82. The fraction of sp³-hybridized carbons (Fsp3) is 0.750. The van der Waals surface area contributed by atoms with Crippen molar-refractivity contribution in [3.63, 3.8) is 0 Å². The average Bonchev–Trinajstić information content (AvgIpc) is 2.12. The van der Waals surface area contributed by atoms with Crippen LogP contribution >= 0.6 is 0 Å². The van der Waals surface area contributed by atoms with E-state index in [4.69, 9.17) is 40.8 Å². The highest BCUT2D eigenvalue weighted by molar-refractivity contribution is 5.26.